The Bertz CT molecular complexity index is 1370. The molecule has 0 amide bonds. The van der Waals surface area contributed by atoms with Gasteiger partial charge in [0, 0.05) is 22.5 Å². The molecule has 0 unspecified atom stereocenters. The third-order valence-electron chi connectivity index (χ3n) is 6.39. The number of methoxy groups -OCH3 is 1. The standard InChI is InChI=1S/C28H24Cl2N2O3/c1-3-35-26(33)18-4-9-21(10-5-18)32-17-25(23-13-8-20(29)16-24(23)30)31-27(32)28(14-15-28)19-6-11-22(34-2)12-7-19/h4-13,16-17H,3,14-15H2,1-2H3. The van der Waals surface area contributed by atoms with Crippen molar-refractivity contribution in [1.29, 1.82) is 0 Å². The summed E-state index contributed by atoms with van der Waals surface area (Å²) in [7, 11) is 1.66. The minimum atomic E-state index is -0.338. The minimum absolute atomic E-state index is 0.219. The SMILES string of the molecule is CCOC(=O)c1ccc(-n2cc(-c3ccc(Cl)cc3Cl)nc2C2(c3ccc(OC)cc3)CC2)cc1. The van der Waals surface area contributed by atoms with Crippen LogP contribution in [-0.4, -0.2) is 29.2 Å². The van der Waals surface area contributed by atoms with E-state index in [9.17, 15) is 4.79 Å². The van der Waals surface area contributed by atoms with E-state index in [2.05, 4.69) is 16.7 Å². The number of hydrogen-bond acceptors (Lipinski definition) is 4. The molecule has 4 aromatic rings. The van der Waals surface area contributed by atoms with Gasteiger partial charge in [0.2, 0.25) is 0 Å². The topological polar surface area (TPSA) is 53.4 Å². The molecule has 1 aromatic heterocycles. The molecule has 7 heteroatoms. The largest absolute Gasteiger partial charge is 0.497 e. The maximum atomic E-state index is 12.1. The summed E-state index contributed by atoms with van der Waals surface area (Å²) in [5.74, 6) is 1.40. The van der Waals surface area contributed by atoms with E-state index in [1.807, 2.05) is 42.6 Å². The molecule has 5 nitrogen and oxygen atoms in total. The highest BCUT2D eigenvalue weighted by Gasteiger charge is 2.50. The van der Waals surface area contributed by atoms with E-state index in [1.54, 1.807) is 32.2 Å². The van der Waals surface area contributed by atoms with Gasteiger partial charge in [0.1, 0.15) is 11.6 Å². The molecule has 0 spiro atoms. The molecule has 35 heavy (non-hydrogen) atoms. The van der Waals surface area contributed by atoms with E-state index in [-0.39, 0.29) is 11.4 Å². The Kier molecular flexibility index (Phi) is 6.30. The average molecular weight is 507 g/mol. The van der Waals surface area contributed by atoms with E-state index in [1.165, 1.54) is 5.56 Å². The molecule has 0 N–H and O–H groups in total. The number of rotatable bonds is 7. The zero-order chi connectivity index (χ0) is 24.6. The van der Waals surface area contributed by atoms with Crippen molar-refractivity contribution in [1.82, 2.24) is 9.55 Å². The van der Waals surface area contributed by atoms with Crippen molar-refractivity contribution in [3.05, 3.63) is 99.9 Å². The summed E-state index contributed by atoms with van der Waals surface area (Å²) in [4.78, 5) is 17.2. The Balaban J connectivity index is 1.62. The highest BCUT2D eigenvalue weighted by Crippen LogP contribution is 2.54. The van der Waals surface area contributed by atoms with Gasteiger partial charge in [0.05, 0.1) is 35.4 Å². The summed E-state index contributed by atoms with van der Waals surface area (Å²) in [6.45, 7) is 2.13. The lowest BCUT2D eigenvalue weighted by atomic mass is 9.94. The van der Waals surface area contributed by atoms with Crippen molar-refractivity contribution in [3.63, 3.8) is 0 Å². The number of esters is 1. The lowest BCUT2D eigenvalue weighted by Gasteiger charge is -2.18. The Morgan fingerprint density at radius 1 is 1.03 bits per heavy atom. The molecule has 0 bridgehead atoms. The first kappa shape index (κ1) is 23.5. The summed E-state index contributed by atoms with van der Waals surface area (Å²) in [6, 6.07) is 21.0. The normalized spacial score (nSPS) is 13.9. The van der Waals surface area contributed by atoms with Crippen molar-refractivity contribution in [2.24, 2.45) is 0 Å². The van der Waals surface area contributed by atoms with Crippen LogP contribution in [0.5, 0.6) is 5.75 Å². The van der Waals surface area contributed by atoms with Crippen molar-refractivity contribution in [3.8, 4) is 22.7 Å². The molecule has 1 fully saturated rings. The second-order valence-electron chi connectivity index (χ2n) is 8.52. The van der Waals surface area contributed by atoms with Gasteiger partial charge >= 0.3 is 5.97 Å². The quantitative estimate of drug-likeness (QED) is 0.250. The van der Waals surface area contributed by atoms with Crippen LogP contribution in [0.2, 0.25) is 10.0 Å². The molecule has 0 atom stereocenters. The van der Waals surface area contributed by atoms with E-state index in [0.29, 0.717) is 22.2 Å². The van der Waals surface area contributed by atoms with Crippen LogP contribution in [-0.2, 0) is 10.2 Å². The van der Waals surface area contributed by atoms with Gasteiger partial charge in [0.25, 0.3) is 0 Å². The molecule has 3 aromatic carbocycles. The molecule has 0 radical (unpaired) electrons. The summed E-state index contributed by atoms with van der Waals surface area (Å²) in [5.41, 5.74) is 3.94. The number of nitrogens with zero attached hydrogens (tertiary/aromatic N) is 2. The van der Waals surface area contributed by atoms with Gasteiger partial charge in [-0.05, 0) is 79.9 Å². The highest BCUT2D eigenvalue weighted by molar-refractivity contribution is 6.36. The number of benzene rings is 3. The first-order chi connectivity index (χ1) is 16.9. The third-order valence-corrected chi connectivity index (χ3v) is 6.94. The number of halogens is 2. The Morgan fingerprint density at radius 3 is 2.34 bits per heavy atom. The van der Waals surface area contributed by atoms with E-state index in [0.717, 1.165) is 41.4 Å². The molecule has 0 saturated heterocycles. The van der Waals surface area contributed by atoms with Crippen LogP contribution in [0.3, 0.4) is 0 Å². The summed E-state index contributed by atoms with van der Waals surface area (Å²) in [6.07, 6.45) is 3.95. The lowest BCUT2D eigenvalue weighted by molar-refractivity contribution is 0.0526. The predicted molar refractivity (Wildman–Crippen MR) is 138 cm³/mol. The number of hydrogen-bond donors (Lipinski definition) is 0. The van der Waals surface area contributed by atoms with Crippen molar-refractivity contribution in [2.45, 2.75) is 25.2 Å². The van der Waals surface area contributed by atoms with Crippen LogP contribution in [0.4, 0.5) is 0 Å². The van der Waals surface area contributed by atoms with Crippen LogP contribution < -0.4 is 4.74 Å². The molecule has 1 aliphatic carbocycles. The Labute approximate surface area is 214 Å². The lowest BCUT2D eigenvalue weighted by Crippen LogP contribution is -2.15. The van der Waals surface area contributed by atoms with Crippen LogP contribution in [0.25, 0.3) is 16.9 Å². The van der Waals surface area contributed by atoms with Gasteiger partial charge < -0.3 is 14.0 Å². The number of aromatic nitrogens is 2. The average Bonchev–Trinajstić information content (AvgIpc) is 3.56. The van der Waals surface area contributed by atoms with Crippen molar-refractivity contribution >= 4 is 29.2 Å². The van der Waals surface area contributed by atoms with Gasteiger partial charge in [-0.25, -0.2) is 9.78 Å². The van der Waals surface area contributed by atoms with Gasteiger partial charge in [0.15, 0.2) is 0 Å². The smallest absolute Gasteiger partial charge is 0.338 e. The van der Waals surface area contributed by atoms with Gasteiger partial charge in [-0.3, -0.25) is 0 Å². The molecule has 1 heterocycles. The number of carbonyl (C=O) groups is 1. The highest BCUT2D eigenvalue weighted by atomic mass is 35.5. The van der Waals surface area contributed by atoms with Gasteiger partial charge in [-0.2, -0.15) is 0 Å². The fraction of sp³-hybridized carbons (Fsp3) is 0.214. The summed E-state index contributed by atoms with van der Waals surface area (Å²) >= 11 is 12.7. The first-order valence-corrected chi connectivity index (χ1v) is 12.2. The molecule has 178 valence electrons. The first-order valence-electron chi connectivity index (χ1n) is 11.4. The van der Waals surface area contributed by atoms with Crippen molar-refractivity contribution in [2.75, 3.05) is 13.7 Å². The fourth-order valence-electron chi connectivity index (χ4n) is 4.39. The van der Waals surface area contributed by atoms with E-state index < -0.39 is 0 Å². The summed E-state index contributed by atoms with van der Waals surface area (Å²) in [5, 5.41) is 1.12. The number of carbonyl (C=O) groups excluding carboxylic acids is 1. The Hall–Kier alpha value is -3.28. The maximum absolute atomic E-state index is 12.1. The molecule has 0 aliphatic heterocycles. The minimum Gasteiger partial charge on any atom is -0.497 e. The molecular weight excluding hydrogens is 483 g/mol. The second kappa shape index (κ2) is 9.40. The second-order valence-corrected chi connectivity index (χ2v) is 9.37. The Morgan fingerprint density at radius 2 is 1.74 bits per heavy atom. The van der Waals surface area contributed by atoms with Crippen molar-refractivity contribution < 1.29 is 14.3 Å². The zero-order valence-electron chi connectivity index (χ0n) is 19.4. The molecule has 1 aliphatic rings. The maximum Gasteiger partial charge on any atom is 0.338 e. The monoisotopic (exact) mass is 506 g/mol. The third kappa shape index (κ3) is 4.42. The van der Waals surface area contributed by atoms with Crippen LogP contribution in [0, 0.1) is 0 Å². The van der Waals surface area contributed by atoms with Gasteiger partial charge in [-0.1, -0.05) is 35.3 Å². The van der Waals surface area contributed by atoms with E-state index in [4.69, 9.17) is 37.7 Å². The molecule has 1 saturated carbocycles. The predicted octanol–water partition coefficient (Wildman–Crippen LogP) is 7.11. The van der Waals surface area contributed by atoms with Crippen LogP contribution in [0.15, 0.2) is 72.9 Å². The number of ether oxygens (including phenoxy) is 2. The van der Waals surface area contributed by atoms with E-state index >= 15 is 0 Å². The fourth-order valence-corrected chi connectivity index (χ4v) is 4.90. The zero-order valence-corrected chi connectivity index (χ0v) is 20.9. The molecule has 5 rings (SSSR count). The number of imidazole rings is 1. The van der Waals surface area contributed by atoms with Crippen LogP contribution >= 0.6 is 23.2 Å². The van der Waals surface area contributed by atoms with Crippen LogP contribution in [0.1, 0.15) is 41.5 Å². The van der Waals surface area contributed by atoms with Gasteiger partial charge in [-0.15, -0.1) is 0 Å². The molecular formula is C28H24Cl2N2O3. The summed E-state index contributed by atoms with van der Waals surface area (Å²) < 4.78 is 12.6.